The molecule has 2 amide bonds. The molecule has 0 saturated heterocycles. The zero-order chi connectivity index (χ0) is 18.2. The van der Waals surface area contributed by atoms with Gasteiger partial charge in [-0.15, -0.1) is 0 Å². The molecule has 25 heavy (non-hydrogen) atoms. The molecule has 0 radical (unpaired) electrons. The Morgan fingerprint density at radius 1 is 1.16 bits per heavy atom. The second kappa shape index (κ2) is 9.05. The third-order valence-electron chi connectivity index (χ3n) is 3.61. The number of anilines is 1. The summed E-state index contributed by atoms with van der Waals surface area (Å²) in [5.41, 5.74) is 6.66. The van der Waals surface area contributed by atoms with Crippen molar-refractivity contribution in [3.63, 3.8) is 0 Å². The summed E-state index contributed by atoms with van der Waals surface area (Å²) in [6.45, 7) is -0.206. The number of halogens is 1. The molecule has 1 unspecified atom stereocenters. The number of nitrogens with one attached hydrogen (secondary N) is 2. The van der Waals surface area contributed by atoms with Gasteiger partial charge in [-0.25, -0.2) is 0 Å². The largest absolute Gasteiger partial charge is 0.508 e. The number of benzene rings is 2. The molecule has 0 spiro atoms. The van der Waals surface area contributed by atoms with Crippen molar-refractivity contribution in [3.05, 3.63) is 59.1 Å². The predicted molar refractivity (Wildman–Crippen MR) is 97.5 cm³/mol. The lowest BCUT2D eigenvalue weighted by molar-refractivity contribution is -0.125. The normalized spacial score (nSPS) is 11.6. The molecule has 6 nitrogen and oxygen atoms in total. The van der Waals surface area contributed by atoms with E-state index in [4.69, 9.17) is 17.3 Å². The Bertz CT molecular complexity index is 738. The molecule has 0 aromatic heterocycles. The zero-order valence-corrected chi connectivity index (χ0v) is 14.3. The number of aryl methyl sites for hydroxylation is 1. The highest BCUT2D eigenvalue weighted by Gasteiger charge is 2.21. The van der Waals surface area contributed by atoms with Gasteiger partial charge in [0.05, 0.1) is 17.3 Å². The third kappa shape index (κ3) is 5.77. The molecule has 0 aliphatic carbocycles. The molecule has 2 rings (SSSR count). The highest BCUT2D eigenvalue weighted by Crippen LogP contribution is 2.26. The van der Waals surface area contributed by atoms with Crippen molar-refractivity contribution in [1.29, 1.82) is 0 Å². The van der Waals surface area contributed by atoms with Gasteiger partial charge in [-0.05, 0) is 30.5 Å². The standard InChI is InChI=1S/C18H20ClN3O3/c19-14-8-7-13(23)10-16(14)22-18(25)15(21-17(24)11-20)9-6-12-4-2-1-3-5-12/h1-5,7-8,10,15,23H,6,9,11,20H2,(H,21,24)(H,22,25). The molecule has 1 atom stereocenters. The second-order valence-electron chi connectivity index (χ2n) is 5.50. The van der Waals surface area contributed by atoms with Crippen LogP contribution >= 0.6 is 11.6 Å². The third-order valence-corrected chi connectivity index (χ3v) is 3.94. The first-order valence-corrected chi connectivity index (χ1v) is 8.20. The van der Waals surface area contributed by atoms with E-state index >= 15 is 0 Å². The van der Waals surface area contributed by atoms with E-state index in [-0.39, 0.29) is 23.0 Å². The quantitative estimate of drug-likeness (QED) is 0.605. The van der Waals surface area contributed by atoms with Gasteiger partial charge in [-0.2, -0.15) is 0 Å². The summed E-state index contributed by atoms with van der Waals surface area (Å²) in [6.07, 6.45) is 1.01. The minimum atomic E-state index is -0.769. The minimum Gasteiger partial charge on any atom is -0.508 e. The van der Waals surface area contributed by atoms with Gasteiger partial charge in [0.25, 0.3) is 0 Å². The van der Waals surface area contributed by atoms with E-state index in [2.05, 4.69) is 10.6 Å². The summed E-state index contributed by atoms with van der Waals surface area (Å²) < 4.78 is 0. The molecule has 5 N–H and O–H groups in total. The van der Waals surface area contributed by atoms with Crippen molar-refractivity contribution in [2.75, 3.05) is 11.9 Å². The van der Waals surface area contributed by atoms with Crippen LogP contribution in [0.3, 0.4) is 0 Å². The lowest BCUT2D eigenvalue weighted by Gasteiger charge is -2.19. The summed E-state index contributed by atoms with van der Waals surface area (Å²) in [6, 6.07) is 13.1. The van der Waals surface area contributed by atoms with Gasteiger partial charge in [-0.3, -0.25) is 9.59 Å². The fourth-order valence-electron chi connectivity index (χ4n) is 2.31. The second-order valence-corrected chi connectivity index (χ2v) is 5.91. The topological polar surface area (TPSA) is 104 Å². The Morgan fingerprint density at radius 3 is 2.56 bits per heavy atom. The van der Waals surface area contributed by atoms with Crippen LogP contribution in [-0.4, -0.2) is 29.5 Å². The molecule has 0 aliphatic rings. The van der Waals surface area contributed by atoms with Crippen molar-refractivity contribution in [3.8, 4) is 5.75 Å². The fraction of sp³-hybridized carbons (Fsp3) is 0.222. The number of phenols is 1. The minimum absolute atomic E-state index is 0.0217. The number of hydrogen-bond acceptors (Lipinski definition) is 4. The van der Waals surface area contributed by atoms with Crippen LogP contribution in [0.1, 0.15) is 12.0 Å². The van der Waals surface area contributed by atoms with Crippen LogP contribution < -0.4 is 16.4 Å². The van der Waals surface area contributed by atoms with E-state index in [1.54, 1.807) is 0 Å². The Labute approximate surface area is 151 Å². The maximum atomic E-state index is 12.5. The predicted octanol–water partition coefficient (Wildman–Crippen LogP) is 2.06. The van der Waals surface area contributed by atoms with Gasteiger partial charge < -0.3 is 21.5 Å². The number of carbonyl (C=O) groups is 2. The van der Waals surface area contributed by atoms with Gasteiger partial charge in [0.1, 0.15) is 11.8 Å². The molecule has 0 aliphatic heterocycles. The molecule has 0 fully saturated rings. The van der Waals surface area contributed by atoms with E-state index < -0.39 is 17.9 Å². The molecule has 132 valence electrons. The van der Waals surface area contributed by atoms with Crippen molar-refractivity contribution >= 4 is 29.1 Å². The average molecular weight is 362 g/mol. The average Bonchev–Trinajstić information content (AvgIpc) is 2.62. The first-order chi connectivity index (χ1) is 12.0. The summed E-state index contributed by atoms with van der Waals surface area (Å²) in [5.74, 6) is -0.869. The zero-order valence-electron chi connectivity index (χ0n) is 13.5. The van der Waals surface area contributed by atoms with E-state index in [9.17, 15) is 14.7 Å². The van der Waals surface area contributed by atoms with Crippen molar-refractivity contribution in [1.82, 2.24) is 5.32 Å². The van der Waals surface area contributed by atoms with Crippen molar-refractivity contribution in [2.24, 2.45) is 5.73 Å². The number of hydrogen-bond donors (Lipinski definition) is 4. The van der Waals surface area contributed by atoms with Crippen LogP contribution in [0, 0.1) is 0 Å². The molecule has 0 saturated carbocycles. The van der Waals surface area contributed by atoms with E-state index in [1.807, 2.05) is 30.3 Å². The maximum absolute atomic E-state index is 12.5. The van der Waals surface area contributed by atoms with Gasteiger partial charge in [0.15, 0.2) is 0 Å². The Kier molecular flexibility index (Phi) is 6.80. The molecule has 0 bridgehead atoms. The van der Waals surface area contributed by atoms with Crippen LogP contribution in [0.2, 0.25) is 5.02 Å². The summed E-state index contributed by atoms with van der Waals surface area (Å²) in [4.78, 5) is 24.2. The lowest BCUT2D eigenvalue weighted by atomic mass is 10.0. The van der Waals surface area contributed by atoms with Crippen LogP contribution in [0.15, 0.2) is 48.5 Å². The number of amides is 2. The van der Waals surface area contributed by atoms with E-state index in [1.165, 1.54) is 18.2 Å². The summed E-state index contributed by atoms with van der Waals surface area (Å²) >= 11 is 6.02. The molecular weight excluding hydrogens is 342 g/mol. The molecule has 2 aromatic carbocycles. The Balaban J connectivity index is 2.09. The fourth-order valence-corrected chi connectivity index (χ4v) is 2.47. The number of rotatable bonds is 7. The van der Waals surface area contributed by atoms with Gasteiger partial charge >= 0.3 is 0 Å². The van der Waals surface area contributed by atoms with Gasteiger partial charge in [0, 0.05) is 6.07 Å². The number of aromatic hydroxyl groups is 1. The maximum Gasteiger partial charge on any atom is 0.247 e. The number of carbonyl (C=O) groups excluding carboxylic acids is 2. The highest BCUT2D eigenvalue weighted by atomic mass is 35.5. The van der Waals surface area contributed by atoms with Crippen molar-refractivity contribution < 1.29 is 14.7 Å². The molecule has 0 heterocycles. The highest BCUT2D eigenvalue weighted by molar-refractivity contribution is 6.33. The van der Waals surface area contributed by atoms with Gasteiger partial charge in [0.2, 0.25) is 11.8 Å². The first kappa shape index (κ1) is 18.8. The molecule has 2 aromatic rings. The van der Waals surface area contributed by atoms with Crippen LogP contribution in [0.4, 0.5) is 5.69 Å². The summed E-state index contributed by atoms with van der Waals surface area (Å²) in [5, 5.41) is 15.1. The van der Waals surface area contributed by atoms with Crippen molar-refractivity contribution in [2.45, 2.75) is 18.9 Å². The Hall–Kier alpha value is -2.57. The SMILES string of the molecule is NCC(=O)NC(CCc1ccccc1)C(=O)Nc1cc(O)ccc1Cl. The first-order valence-electron chi connectivity index (χ1n) is 7.82. The Morgan fingerprint density at radius 2 is 1.88 bits per heavy atom. The van der Waals surface area contributed by atoms with Crippen LogP contribution in [-0.2, 0) is 16.0 Å². The van der Waals surface area contributed by atoms with Gasteiger partial charge in [-0.1, -0.05) is 41.9 Å². The van der Waals surface area contributed by atoms with Crippen LogP contribution in [0.25, 0.3) is 0 Å². The lowest BCUT2D eigenvalue weighted by Crippen LogP contribution is -2.46. The van der Waals surface area contributed by atoms with E-state index in [0.29, 0.717) is 12.8 Å². The summed E-state index contributed by atoms with van der Waals surface area (Å²) in [7, 11) is 0. The smallest absolute Gasteiger partial charge is 0.247 e. The monoisotopic (exact) mass is 361 g/mol. The van der Waals surface area contributed by atoms with E-state index in [0.717, 1.165) is 5.56 Å². The number of nitrogens with two attached hydrogens (primary N) is 1. The molecule has 7 heteroatoms. The number of phenolic OH excluding ortho intramolecular Hbond substituents is 1. The van der Waals surface area contributed by atoms with Crippen LogP contribution in [0.5, 0.6) is 5.75 Å². The molecular formula is C18H20ClN3O3.